The summed E-state index contributed by atoms with van der Waals surface area (Å²) in [5.41, 5.74) is 0.900. The molecule has 0 spiro atoms. The number of nitrogens with zero attached hydrogens (tertiary/aromatic N) is 4. The standard InChI is InChI=1S/C20H26N4O4/c1-14(20(26)23-11-9-22(2)10-12-23)24-18(25)13-17(28-4)19(21-24)15-5-7-16(27-3)8-6-15/h5-8,13-14H,9-12H2,1-4H3. The lowest BCUT2D eigenvalue weighted by molar-refractivity contribution is -0.136. The number of amides is 1. The third kappa shape index (κ3) is 4.01. The highest BCUT2D eigenvalue weighted by Gasteiger charge is 2.27. The Bertz CT molecular complexity index is 886. The van der Waals surface area contributed by atoms with E-state index < -0.39 is 6.04 Å². The fraction of sp³-hybridized carbons (Fsp3) is 0.450. The zero-order valence-electron chi connectivity index (χ0n) is 16.7. The first-order chi connectivity index (χ1) is 13.4. The van der Waals surface area contributed by atoms with Crippen LogP contribution < -0.4 is 15.0 Å². The van der Waals surface area contributed by atoms with Gasteiger partial charge < -0.3 is 19.3 Å². The fourth-order valence-electron chi connectivity index (χ4n) is 3.23. The first-order valence-electron chi connectivity index (χ1n) is 9.24. The van der Waals surface area contributed by atoms with Crippen LogP contribution in [0.3, 0.4) is 0 Å². The number of methoxy groups -OCH3 is 2. The van der Waals surface area contributed by atoms with Gasteiger partial charge in [0.1, 0.15) is 17.5 Å². The van der Waals surface area contributed by atoms with Crippen LogP contribution in [-0.2, 0) is 4.79 Å². The third-order valence-electron chi connectivity index (χ3n) is 5.04. The van der Waals surface area contributed by atoms with E-state index in [0.29, 0.717) is 24.5 Å². The maximum Gasteiger partial charge on any atom is 0.271 e. The SMILES string of the molecule is COc1ccc(-c2nn(C(C)C(=O)N3CCN(C)CC3)c(=O)cc2OC)cc1. The molecular weight excluding hydrogens is 360 g/mol. The van der Waals surface area contributed by atoms with E-state index in [2.05, 4.69) is 10.00 Å². The van der Waals surface area contributed by atoms with Crippen LogP contribution in [0.2, 0.25) is 0 Å². The number of aromatic nitrogens is 2. The Morgan fingerprint density at radius 1 is 1.07 bits per heavy atom. The lowest BCUT2D eigenvalue weighted by Gasteiger charge is -2.34. The molecule has 3 rings (SSSR count). The van der Waals surface area contributed by atoms with Gasteiger partial charge in [-0.1, -0.05) is 0 Å². The number of likely N-dealkylation sites (N-methyl/N-ethyl adjacent to an activating group) is 1. The van der Waals surface area contributed by atoms with E-state index in [9.17, 15) is 9.59 Å². The molecule has 8 heteroatoms. The zero-order chi connectivity index (χ0) is 20.3. The Balaban J connectivity index is 1.94. The van der Waals surface area contributed by atoms with Crippen LogP contribution in [0, 0.1) is 0 Å². The molecule has 1 saturated heterocycles. The molecule has 1 aliphatic heterocycles. The van der Waals surface area contributed by atoms with Gasteiger partial charge in [0, 0.05) is 37.8 Å². The molecule has 1 fully saturated rings. The topological polar surface area (TPSA) is 76.9 Å². The van der Waals surface area contributed by atoms with E-state index in [-0.39, 0.29) is 11.5 Å². The quantitative estimate of drug-likeness (QED) is 0.770. The van der Waals surface area contributed by atoms with Crippen LogP contribution in [0.5, 0.6) is 11.5 Å². The molecule has 0 aliphatic carbocycles. The van der Waals surface area contributed by atoms with Gasteiger partial charge in [0.15, 0.2) is 5.75 Å². The monoisotopic (exact) mass is 386 g/mol. The minimum Gasteiger partial charge on any atom is -0.497 e. The molecule has 2 aromatic rings. The number of hydrogen-bond acceptors (Lipinski definition) is 6. The van der Waals surface area contributed by atoms with Gasteiger partial charge in [-0.25, -0.2) is 4.68 Å². The number of ether oxygens (including phenoxy) is 2. The third-order valence-corrected chi connectivity index (χ3v) is 5.04. The first-order valence-corrected chi connectivity index (χ1v) is 9.24. The van der Waals surface area contributed by atoms with E-state index in [1.54, 1.807) is 18.9 Å². The molecule has 1 atom stereocenters. The second kappa shape index (κ2) is 8.43. The first kappa shape index (κ1) is 19.9. The minimum absolute atomic E-state index is 0.103. The van der Waals surface area contributed by atoms with Crippen molar-refractivity contribution in [1.29, 1.82) is 0 Å². The van der Waals surface area contributed by atoms with E-state index in [1.165, 1.54) is 17.9 Å². The van der Waals surface area contributed by atoms with Crippen LogP contribution >= 0.6 is 0 Å². The molecule has 0 saturated carbocycles. The number of hydrogen-bond donors (Lipinski definition) is 0. The lowest BCUT2D eigenvalue weighted by atomic mass is 10.1. The summed E-state index contributed by atoms with van der Waals surface area (Å²) in [6, 6.07) is 7.98. The predicted octanol–water partition coefficient (Wildman–Crippen LogP) is 1.26. The van der Waals surface area contributed by atoms with E-state index in [0.717, 1.165) is 24.4 Å². The number of carbonyl (C=O) groups is 1. The fourth-order valence-corrected chi connectivity index (χ4v) is 3.23. The summed E-state index contributed by atoms with van der Waals surface area (Å²) in [6.45, 7) is 4.64. The van der Waals surface area contributed by atoms with Crippen LogP contribution in [-0.4, -0.2) is 72.9 Å². The van der Waals surface area contributed by atoms with Crippen LogP contribution in [0.4, 0.5) is 0 Å². The van der Waals surface area contributed by atoms with Gasteiger partial charge in [0.2, 0.25) is 5.91 Å². The average molecular weight is 386 g/mol. The Hall–Kier alpha value is -2.87. The summed E-state index contributed by atoms with van der Waals surface area (Å²) in [6.07, 6.45) is 0. The largest absolute Gasteiger partial charge is 0.497 e. The molecule has 2 heterocycles. The summed E-state index contributed by atoms with van der Waals surface area (Å²) in [5, 5.41) is 4.48. The molecular formula is C20H26N4O4. The molecule has 1 aromatic heterocycles. The predicted molar refractivity (Wildman–Crippen MR) is 106 cm³/mol. The molecule has 0 bridgehead atoms. The van der Waals surface area contributed by atoms with Gasteiger partial charge >= 0.3 is 0 Å². The molecule has 1 aromatic carbocycles. The summed E-state index contributed by atoms with van der Waals surface area (Å²) in [7, 11) is 5.12. The summed E-state index contributed by atoms with van der Waals surface area (Å²) >= 11 is 0. The van der Waals surface area contributed by atoms with Crippen LogP contribution in [0.15, 0.2) is 35.1 Å². The molecule has 1 unspecified atom stereocenters. The van der Waals surface area contributed by atoms with E-state index in [1.807, 2.05) is 31.3 Å². The Labute approximate surface area is 164 Å². The highest BCUT2D eigenvalue weighted by molar-refractivity contribution is 5.80. The van der Waals surface area contributed by atoms with E-state index >= 15 is 0 Å². The van der Waals surface area contributed by atoms with Crippen molar-refractivity contribution in [2.45, 2.75) is 13.0 Å². The van der Waals surface area contributed by atoms with Crippen molar-refractivity contribution in [1.82, 2.24) is 19.6 Å². The normalized spacial score (nSPS) is 15.9. The van der Waals surface area contributed by atoms with Gasteiger partial charge in [-0.3, -0.25) is 9.59 Å². The highest BCUT2D eigenvalue weighted by Crippen LogP contribution is 2.28. The van der Waals surface area contributed by atoms with Crippen LogP contribution in [0.1, 0.15) is 13.0 Å². The van der Waals surface area contributed by atoms with Gasteiger partial charge in [0.05, 0.1) is 14.2 Å². The second-order valence-corrected chi connectivity index (χ2v) is 6.88. The van der Waals surface area contributed by atoms with Gasteiger partial charge in [-0.15, -0.1) is 0 Å². The lowest BCUT2D eigenvalue weighted by Crippen LogP contribution is -2.49. The number of rotatable bonds is 5. The minimum atomic E-state index is -0.696. The molecule has 0 radical (unpaired) electrons. The second-order valence-electron chi connectivity index (χ2n) is 6.88. The Morgan fingerprint density at radius 3 is 2.29 bits per heavy atom. The number of benzene rings is 1. The molecule has 0 N–H and O–H groups in total. The van der Waals surface area contributed by atoms with Crippen molar-refractivity contribution in [2.75, 3.05) is 47.4 Å². The summed E-state index contributed by atoms with van der Waals surface area (Å²) in [4.78, 5) is 29.5. The smallest absolute Gasteiger partial charge is 0.271 e. The summed E-state index contributed by atoms with van der Waals surface area (Å²) in [5.74, 6) is 0.980. The molecule has 150 valence electrons. The van der Waals surface area contributed by atoms with Crippen LogP contribution in [0.25, 0.3) is 11.3 Å². The molecule has 1 amide bonds. The molecule has 28 heavy (non-hydrogen) atoms. The van der Waals surface area contributed by atoms with Crippen molar-refractivity contribution in [3.63, 3.8) is 0 Å². The van der Waals surface area contributed by atoms with Gasteiger partial charge in [0.25, 0.3) is 5.56 Å². The average Bonchev–Trinajstić information content (AvgIpc) is 2.73. The van der Waals surface area contributed by atoms with Crippen molar-refractivity contribution >= 4 is 5.91 Å². The van der Waals surface area contributed by atoms with Crippen molar-refractivity contribution in [3.8, 4) is 22.8 Å². The van der Waals surface area contributed by atoms with Gasteiger partial charge in [-0.2, -0.15) is 5.10 Å². The number of carbonyl (C=O) groups excluding carboxylic acids is 1. The van der Waals surface area contributed by atoms with Crippen molar-refractivity contribution in [3.05, 3.63) is 40.7 Å². The van der Waals surface area contributed by atoms with Crippen molar-refractivity contribution in [2.24, 2.45) is 0 Å². The maximum absolute atomic E-state index is 12.9. The highest BCUT2D eigenvalue weighted by atomic mass is 16.5. The number of piperazine rings is 1. The zero-order valence-corrected chi connectivity index (χ0v) is 16.7. The van der Waals surface area contributed by atoms with Crippen molar-refractivity contribution < 1.29 is 14.3 Å². The Kier molecular flexibility index (Phi) is 5.99. The summed E-state index contributed by atoms with van der Waals surface area (Å²) < 4.78 is 11.8. The molecule has 1 aliphatic rings. The van der Waals surface area contributed by atoms with Gasteiger partial charge in [-0.05, 0) is 38.2 Å². The van der Waals surface area contributed by atoms with E-state index in [4.69, 9.17) is 9.47 Å². The maximum atomic E-state index is 12.9. The molecule has 8 nitrogen and oxygen atoms in total. The Morgan fingerprint density at radius 2 is 1.71 bits per heavy atom.